The number of hydrogen-bond donors (Lipinski definition) is 0. The summed E-state index contributed by atoms with van der Waals surface area (Å²) in [6, 6.07) is 12.8. The Morgan fingerprint density at radius 3 is 3.00 bits per heavy atom. The lowest BCUT2D eigenvalue weighted by molar-refractivity contribution is 0.0589. The van der Waals surface area contributed by atoms with Gasteiger partial charge in [0.2, 0.25) is 0 Å². The van der Waals surface area contributed by atoms with Crippen molar-refractivity contribution in [1.82, 2.24) is 9.88 Å². The fourth-order valence-corrected chi connectivity index (χ4v) is 4.48. The summed E-state index contributed by atoms with van der Waals surface area (Å²) >= 11 is 0. The van der Waals surface area contributed by atoms with Gasteiger partial charge in [-0.05, 0) is 36.5 Å². The Bertz CT molecular complexity index is 858. The van der Waals surface area contributed by atoms with Crippen molar-refractivity contribution in [1.29, 1.82) is 0 Å². The number of benzene rings is 1. The third-order valence-corrected chi connectivity index (χ3v) is 5.62. The highest BCUT2D eigenvalue weighted by atomic mass is 16.2. The predicted octanol–water partition coefficient (Wildman–Crippen LogP) is 3.28. The van der Waals surface area contributed by atoms with Gasteiger partial charge in [0.05, 0.1) is 0 Å². The number of rotatable bonds is 1. The zero-order chi connectivity index (χ0) is 16.1. The van der Waals surface area contributed by atoms with E-state index in [9.17, 15) is 4.79 Å². The molecule has 0 bridgehead atoms. The molecule has 2 atom stereocenters. The molecule has 0 N–H and O–H groups in total. The molecule has 2 aromatic rings. The van der Waals surface area contributed by atoms with Crippen molar-refractivity contribution < 1.29 is 4.79 Å². The monoisotopic (exact) mass is 317 g/mol. The first-order valence-electron chi connectivity index (χ1n) is 8.72. The van der Waals surface area contributed by atoms with Crippen LogP contribution in [0.15, 0.2) is 41.4 Å². The molecule has 1 saturated heterocycles. The highest BCUT2D eigenvalue weighted by molar-refractivity contribution is 5.93. The van der Waals surface area contributed by atoms with Crippen molar-refractivity contribution >= 4 is 17.9 Å². The normalized spacial score (nSPS) is 23.8. The minimum Gasteiger partial charge on any atom is -0.333 e. The second-order valence-electron chi connectivity index (χ2n) is 6.91. The first-order valence-corrected chi connectivity index (χ1v) is 8.72. The van der Waals surface area contributed by atoms with Crippen LogP contribution in [0, 0.1) is 0 Å². The van der Waals surface area contributed by atoms with Crippen molar-refractivity contribution in [2.75, 3.05) is 6.54 Å². The highest BCUT2D eigenvalue weighted by Gasteiger charge is 2.41. The van der Waals surface area contributed by atoms with E-state index in [1.165, 1.54) is 17.5 Å². The van der Waals surface area contributed by atoms with Crippen molar-refractivity contribution in [3.8, 4) is 0 Å². The average molecular weight is 317 g/mol. The molecule has 2 aliphatic heterocycles. The van der Waals surface area contributed by atoms with Crippen molar-refractivity contribution in [3.63, 3.8) is 0 Å². The van der Waals surface area contributed by atoms with Crippen LogP contribution >= 0.6 is 0 Å². The summed E-state index contributed by atoms with van der Waals surface area (Å²) in [4.78, 5) is 23.9. The minimum absolute atomic E-state index is 0.0578. The number of likely N-dealkylation sites (tertiary alicyclic amines) is 1. The number of carbonyl (C=O) groups is 1. The van der Waals surface area contributed by atoms with Crippen LogP contribution in [0.1, 0.15) is 45.9 Å². The molecular formula is C20H19N3O. The number of aliphatic imine (C=N–C) groups is 1. The maximum atomic E-state index is 13.1. The van der Waals surface area contributed by atoms with E-state index < -0.39 is 0 Å². The summed E-state index contributed by atoms with van der Waals surface area (Å²) in [7, 11) is 0. The summed E-state index contributed by atoms with van der Waals surface area (Å²) in [5, 5.41) is 0. The van der Waals surface area contributed by atoms with E-state index in [4.69, 9.17) is 0 Å². The number of fused-ring (bicyclic) bond motifs is 4. The molecule has 5 rings (SSSR count). The smallest absolute Gasteiger partial charge is 0.272 e. The van der Waals surface area contributed by atoms with Gasteiger partial charge in [0.15, 0.2) is 5.82 Å². The zero-order valence-corrected chi connectivity index (χ0v) is 13.5. The van der Waals surface area contributed by atoms with Gasteiger partial charge in [-0.25, -0.2) is 9.98 Å². The first kappa shape index (κ1) is 13.9. The highest BCUT2D eigenvalue weighted by Crippen LogP contribution is 2.42. The molecule has 3 aliphatic rings. The third-order valence-electron chi connectivity index (χ3n) is 5.62. The standard InChI is InChI=1S/C20H19N3O/c24-20(17-8-7-13-9-10-21-19(13)22-17)23-11-3-6-16-15-5-2-1-4-14(15)12-18(16)23/h1-2,4-5,7-8,10,16,18H,3,6,9,11-12H2/t16?,18-/m0/s1. The summed E-state index contributed by atoms with van der Waals surface area (Å²) < 4.78 is 0. The van der Waals surface area contributed by atoms with Crippen LogP contribution in [0.4, 0.5) is 5.82 Å². The molecule has 0 spiro atoms. The van der Waals surface area contributed by atoms with E-state index in [2.05, 4.69) is 39.1 Å². The van der Waals surface area contributed by atoms with Crippen LogP contribution in [0.2, 0.25) is 0 Å². The third kappa shape index (κ3) is 2.02. The van der Waals surface area contributed by atoms with Crippen molar-refractivity contribution in [3.05, 3.63) is 58.8 Å². The largest absolute Gasteiger partial charge is 0.333 e. The quantitative estimate of drug-likeness (QED) is 0.810. The van der Waals surface area contributed by atoms with E-state index in [1.807, 2.05) is 18.3 Å². The van der Waals surface area contributed by atoms with Crippen LogP contribution < -0.4 is 0 Å². The van der Waals surface area contributed by atoms with Gasteiger partial charge >= 0.3 is 0 Å². The van der Waals surface area contributed by atoms with Crippen LogP contribution in [0.25, 0.3) is 0 Å². The lowest BCUT2D eigenvalue weighted by atomic mass is 9.88. The van der Waals surface area contributed by atoms with Gasteiger partial charge in [-0.15, -0.1) is 0 Å². The van der Waals surface area contributed by atoms with Crippen molar-refractivity contribution in [2.45, 2.75) is 37.6 Å². The van der Waals surface area contributed by atoms with E-state index >= 15 is 0 Å². The SMILES string of the molecule is O=C(c1ccc2c(n1)N=CC2)N1CCCC2c3ccccc3C[C@@H]21. The predicted molar refractivity (Wildman–Crippen MR) is 93.0 cm³/mol. The van der Waals surface area contributed by atoms with Gasteiger partial charge in [0.25, 0.3) is 5.91 Å². The second kappa shape index (κ2) is 5.26. The topological polar surface area (TPSA) is 45.6 Å². The molecule has 4 heteroatoms. The Balaban J connectivity index is 1.47. The molecule has 3 heterocycles. The van der Waals surface area contributed by atoms with E-state index in [0.29, 0.717) is 17.4 Å². The number of aromatic nitrogens is 1. The van der Waals surface area contributed by atoms with Crippen LogP contribution in [-0.2, 0) is 12.8 Å². The maximum absolute atomic E-state index is 13.1. The second-order valence-corrected chi connectivity index (χ2v) is 6.91. The molecule has 1 fully saturated rings. The molecule has 0 saturated carbocycles. The Morgan fingerprint density at radius 2 is 2.04 bits per heavy atom. The van der Waals surface area contributed by atoms with Gasteiger partial charge in [0, 0.05) is 36.7 Å². The number of piperidine rings is 1. The Hall–Kier alpha value is -2.49. The summed E-state index contributed by atoms with van der Waals surface area (Å²) in [5.74, 6) is 1.25. The Labute approximate surface area is 141 Å². The minimum atomic E-state index is 0.0578. The lowest BCUT2D eigenvalue weighted by Gasteiger charge is -2.37. The fourth-order valence-electron chi connectivity index (χ4n) is 4.48. The van der Waals surface area contributed by atoms with E-state index in [0.717, 1.165) is 31.4 Å². The molecule has 24 heavy (non-hydrogen) atoms. The zero-order valence-electron chi connectivity index (χ0n) is 13.5. The van der Waals surface area contributed by atoms with Gasteiger partial charge in [-0.3, -0.25) is 4.79 Å². The van der Waals surface area contributed by atoms with Crippen LogP contribution in [0.3, 0.4) is 0 Å². The number of amides is 1. The molecule has 4 nitrogen and oxygen atoms in total. The Morgan fingerprint density at radius 1 is 1.12 bits per heavy atom. The van der Waals surface area contributed by atoms with E-state index in [-0.39, 0.29) is 11.9 Å². The summed E-state index contributed by atoms with van der Waals surface area (Å²) in [6.45, 7) is 0.829. The summed E-state index contributed by atoms with van der Waals surface area (Å²) in [6.07, 6.45) is 5.88. The van der Waals surface area contributed by atoms with Gasteiger partial charge < -0.3 is 4.90 Å². The molecule has 1 unspecified atom stereocenters. The number of nitrogens with zero attached hydrogens (tertiary/aromatic N) is 3. The molecule has 1 aromatic heterocycles. The van der Waals surface area contributed by atoms with E-state index in [1.54, 1.807) is 0 Å². The summed E-state index contributed by atoms with van der Waals surface area (Å²) in [5.41, 5.74) is 4.48. The molecule has 1 aliphatic carbocycles. The van der Waals surface area contributed by atoms with Gasteiger partial charge in [-0.2, -0.15) is 0 Å². The van der Waals surface area contributed by atoms with Gasteiger partial charge in [0.1, 0.15) is 5.69 Å². The van der Waals surface area contributed by atoms with Crippen molar-refractivity contribution in [2.24, 2.45) is 4.99 Å². The number of pyridine rings is 1. The van der Waals surface area contributed by atoms with Gasteiger partial charge in [-0.1, -0.05) is 30.3 Å². The Kier molecular flexibility index (Phi) is 3.05. The molecular weight excluding hydrogens is 298 g/mol. The fraction of sp³-hybridized carbons (Fsp3) is 0.350. The molecule has 120 valence electrons. The number of hydrogen-bond acceptors (Lipinski definition) is 3. The first-order chi connectivity index (χ1) is 11.8. The van der Waals surface area contributed by atoms with Crippen LogP contribution in [0.5, 0.6) is 0 Å². The molecule has 1 aromatic carbocycles. The molecule has 0 radical (unpaired) electrons. The lowest BCUT2D eigenvalue weighted by Crippen LogP contribution is -2.46. The number of carbonyl (C=O) groups excluding carboxylic acids is 1. The maximum Gasteiger partial charge on any atom is 0.272 e. The molecule has 1 amide bonds. The van der Waals surface area contributed by atoms with Crippen LogP contribution in [-0.4, -0.2) is 34.6 Å². The average Bonchev–Trinajstić information content (AvgIpc) is 3.24.